The van der Waals surface area contributed by atoms with Gasteiger partial charge >= 0.3 is 5.97 Å². The van der Waals surface area contributed by atoms with E-state index in [1.807, 2.05) is 24.3 Å². The van der Waals surface area contributed by atoms with Crippen LogP contribution in [0.15, 0.2) is 48.5 Å². The predicted molar refractivity (Wildman–Crippen MR) is 108 cm³/mol. The molecule has 0 saturated carbocycles. The number of aliphatic carboxylic acids is 1. The summed E-state index contributed by atoms with van der Waals surface area (Å²) in [6.07, 6.45) is 0. The molecule has 8 nitrogen and oxygen atoms in total. The number of pyridine rings is 1. The van der Waals surface area contributed by atoms with Crippen LogP contribution in [0, 0.1) is 17.2 Å². The quantitative estimate of drug-likeness (QED) is 0.572. The van der Waals surface area contributed by atoms with Crippen molar-refractivity contribution in [2.24, 2.45) is 5.92 Å². The molecule has 1 amide bonds. The average molecular weight is 405 g/mol. The van der Waals surface area contributed by atoms with E-state index < -0.39 is 29.6 Å². The maximum Gasteiger partial charge on any atom is 0.308 e. The van der Waals surface area contributed by atoms with Crippen LogP contribution in [0.5, 0.6) is 17.2 Å². The highest BCUT2D eigenvalue weighted by atomic mass is 16.5. The van der Waals surface area contributed by atoms with Gasteiger partial charge in [-0.05, 0) is 44.2 Å². The number of benzene rings is 2. The number of hydrogen-bond donors (Lipinski definition) is 3. The molecule has 0 fully saturated rings. The third-order valence-electron chi connectivity index (χ3n) is 4.75. The average Bonchev–Trinajstić information content (AvgIpc) is 2.74. The zero-order chi connectivity index (χ0) is 21.8. The highest BCUT2D eigenvalue weighted by molar-refractivity contribution is 6.03. The summed E-state index contributed by atoms with van der Waals surface area (Å²) in [5.74, 6) is -2.04. The number of nitrogens with zero attached hydrogens (tertiary/aromatic N) is 2. The van der Waals surface area contributed by atoms with Crippen LogP contribution in [0.3, 0.4) is 0 Å². The Hall–Kier alpha value is -4.12. The topological polar surface area (TPSA) is 133 Å². The molecule has 0 aliphatic rings. The van der Waals surface area contributed by atoms with E-state index >= 15 is 0 Å². The molecule has 0 radical (unpaired) electrons. The van der Waals surface area contributed by atoms with E-state index in [-0.39, 0.29) is 16.8 Å². The molecule has 2 atom stereocenters. The second kappa shape index (κ2) is 8.49. The molecule has 2 unspecified atom stereocenters. The van der Waals surface area contributed by atoms with Crippen molar-refractivity contribution in [2.75, 3.05) is 0 Å². The summed E-state index contributed by atoms with van der Waals surface area (Å²) in [4.78, 5) is 27.7. The van der Waals surface area contributed by atoms with Gasteiger partial charge in [-0.2, -0.15) is 5.26 Å². The Morgan fingerprint density at radius 1 is 1.10 bits per heavy atom. The largest absolute Gasteiger partial charge is 0.505 e. The van der Waals surface area contributed by atoms with Gasteiger partial charge in [-0.25, -0.2) is 4.98 Å². The molecule has 0 spiro atoms. The van der Waals surface area contributed by atoms with Crippen molar-refractivity contribution in [3.05, 3.63) is 59.9 Å². The number of aromatic hydroxyl groups is 1. The fourth-order valence-corrected chi connectivity index (χ4v) is 2.82. The van der Waals surface area contributed by atoms with Crippen LogP contribution in [0.25, 0.3) is 10.8 Å². The molecule has 2 aromatic carbocycles. The summed E-state index contributed by atoms with van der Waals surface area (Å²) in [7, 11) is 0. The lowest BCUT2D eigenvalue weighted by atomic mass is 10.0. The third kappa shape index (κ3) is 4.15. The number of rotatable bonds is 6. The second-order valence-corrected chi connectivity index (χ2v) is 6.78. The second-order valence-electron chi connectivity index (χ2n) is 6.78. The van der Waals surface area contributed by atoms with Gasteiger partial charge in [0.2, 0.25) is 0 Å². The van der Waals surface area contributed by atoms with Crippen LogP contribution in [0.1, 0.15) is 30.0 Å². The molecule has 0 bridgehead atoms. The van der Waals surface area contributed by atoms with Gasteiger partial charge in [-0.3, -0.25) is 9.59 Å². The monoisotopic (exact) mass is 405 g/mol. The van der Waals surface area contributed by atoms with Crippen LogP contribution in [-0.2, 0) is 4.79 Å². The van der Waals surface area contributed by atoms with Crippen molar-refractivity contribution in [1.82, 2.24) is 10.3 Å². The molecule has 3 N–H and O–H groups in total. The number of ether oxygens (including phenoxy) is 1. The number of carbonyl (C=O) groups excluding carboxylic acids is 1. The molecular weight excluding hydrogens is 386 g/mol. The SMILES string of the molecule is CC(NC(=O)c1nc(C#N)c2cc(Oc3ccccc3)ccc2c1O)C(C)C(=O)O. The lowest BCUT2D eigenvalue weighted by molar-refractivity contribution is -0.141. The van der Waals surface area contributed by atoms with E-state index in [0.29, 0.717) is 16.9 Å². The fourth-order valence-electron chi connectivity index (χ4n) is 2.82. The molecule has 8 heteroatoms. The first-order valence-corrected chi connectivity index (χ1v) is 9.15. The maximum absolute atomic E-state index is 12.6. The van der Waals surface area contributed by atoms with Gasteiger partial charge in [0.05, 0.1) is 5.92 Å². The number of para-hydroxylation sites is 1. The van der Waals surface area contributed by atoms with Crippen LogP contribution < -0.4 is 10.1 Å². The summed E-state index contributed by atoms with van der Waals surface area (Å²) < 4.78 is 5.75. The van der Waals surface area contributed by atoms with E-state index in [9.17, 15) is 20.0 Å². The fraction of sp³-hybridized carbons (Fsp3) is 0.182. The number of carboxylic acids is 1. The first kappa shape index (κ1) is 20.6. The molecule has 3 aromatic rings. The van der Waals surface area contributed by atoms with Gasteiger partial charge in [-0.15, -0.1) is 0 Å². The zero-order valence-corrected chi connectivity index (χ0v) is 16.3. The van der Waals surface area contributed by atoms with Crippen molar-refractivity contribution >= 4 is 22.6 Å². The summed E-state index contributed by atoms with van der Waals surface area (Å²) >= 11 is 0. The summed E-state index contributed by atoms with van der Waals surface area (Å²) in [6.45, 7) is 2.99. The Labute approximate surface area is 172 Å². The van der Waals surface area contributed by atoms with Crippen molar-refractivity contribution in [2.45, 2.75) is 19.9 Å². The van der Waals surface area contributed by atoms with Gasteiger partial charge in [0.1, 0.15) is 23.3 Å². The Kier molecular flexibility index (Phi) is 5.83. The summed E-state index contributed by atoms with van der Waals surface area (Å²) in [5, 5.41) is 32.3. The first-order valence-electron chi connectivity index (χ1n) is 9.15. The van der Waals surface area contributed by atoms with E-state index in [0.717, 1.165) is 0 Å². The number of carbonyl (C=O) groups is 2. The Balaban J connectivity index is 1.97. The van der Waals surface area contributed by atoms with Crippen LogP contribution in [-0.4, -0.2) is 33.1 Å². The summed E-state index contributed by atoms with van der Waals surface area (Å²) in [5.41, 5.74) is -0.411. The highest BCUT2D eigenvalue weighted by Crippen LogP contribution is 2.33. The number of nitrogens with one attached hydrogen (secondary N) is 1. The molecule has 0 saturated heterocycles. The minimum atomic E-state index is -1.07. The van der Waals surface area contributed by atoms with E-state index in [1.54, 1.807) is 24.3 Å². The van der Waals surface area contributed by atoms with Gasteiger partial charge < -0.3 is 20.3 Å². The Morgan fingerprint density at radius 2 is 1.80 bits per heavy atom. The number of amides is 1. The zero-order valence-electron chi connectivity index (χ0n) is 16.3. The van der Waals surface area contributed by atoms with Gasteiger partial charge in [0.15, 0.2) is 11.4 Å². The Morgan fingerprint density at radius 3 is 2.43 bits per heavy atom. The normalized spacial score (nSPS) is 12.6. The molecule has 30 heavy (non-hydrogen) atoms. The smallest absolute Gasteiger partial charge is 0.308 e. The number of nitriles is 1. The molecule has 3 rings (SSSR count). The first-order chi connectivity index (χ1) is 14.3. The minimum absolute atomic E-state index is 0.0644. The van der Waals surface area contributed by atoms with Crippen molar-refractivity contribution in [3.8, 4) is 23.3 Å². The number of fused-ring (bicyclic) bond motifs is 1. The highest BCUT2D eigenvalue weighted by Gasteiger charge is 2.25. The molecule has 1 aromatic heterocycles. The van der Waals surface area contributed by atoms with Crippen LogP contribution >= 0.6 is 0 Å². The van der Waals surface area contributed by atoms with Crippen LogP contribution in [0.2, 0.25) is 0 Å². The number of hydrogen-bond acceptors (Lipinski definition) is 6. The van der Waals surface area contributed by atoms with E-state index in [1.165, 1.54) is 19.9 Å². The molecule has 0 aliphatic heterocycles. The predicted octanol–water partition coefficient (Wildman–Crippen LogP) is 3.44. The minimum Gasteiger partial charge on any atom is -0.505 e. The molecular formula is C22H19N3O5. The lowest BCUT2D eigenvalue weighted by Gasteiger charge is -2.18. The van der Waals surface area contributed by atoms with E-state index in [2.05, 4.69) is 10.3 Å². The van der Waals surface area contributed by atoms with Crippen molar-refractivity contribution < 1.29 is 24.5 Å². The number of carboxylic acid groups (broad SMARTS) is 1. The standard InChI is InChI=1S/C22H19N3O5/c1-12(22(28)29)13(2)24-21(27)19-20(26)16-9-8-15(10-17(16)18(11-23)25-19)30-14-6-4-3-5-7-14/h3-10,12-13,26H,1-2H3,(H,24,27)(H,28,29). The van der Waals surface area contributed by atoms with E-state index in [4.69, 9.17) is 9.84 Å². The van der Waals surface area contributed by atoms with Gasteiger partial charge in [-0.1, -0.05) is 18.2 Å². The summed E-state index contributed by atoms with van der Waals surface area (Å²) in [6, 6.07) is 15.0. The van der Waals surface area contributed by atoms with Gasteiger partial charge in [0.25, 0.3) is 5.91 Å². The van der Waals surface area contributed by atoms with Crippen molar-refractivity contribution in [3.63, 3.8) is 0 Å². The molecule has 1 heterocycles. The number of aromatic nitrogens is 1. The van der Waals surface area contributed by atoms with Crippen molar-refractivity contribution in [1.29, 1.82) is 5.26 Å². The third-order valence-corrected chi connectivity index (χ3v) is 4.75. The van der Waals surface area contributed by atoms with Crippen LogP contribution in [0.4, 0.5) is 0 Å². The maximum atomic E-state index is 12.6. The Bertz CT molecular complexity index is 1150. The lowest BCUT2D eigenvalue weighted by Crippen LogP contribution is -2.40. The molecule has 152 valence electrons. The molecule has 0 aliphatic carbocycles. The van der Waals surface area contributed by atoms with Gasteiger partial charge in [0, 0.05) is 16.8 Å².